The molecule has 3 rings (SSSR count). The minimum Gasteiger partial charge on any atom is -0.459 e. The summed E-state index contributed by atoms with van der Waals surface area (Å²) >= 11 is 0. The molecule has 6 N–H and O–H groups in total. The monoisotopic (exact) mass is 532 g/mol. The summed E-state index contributed by atoms with van der Waals surface area (Å²) in [5.41, 5.74) is 10.8. The Balaban J connectivity index is 1.73. The predicted octanol–water partition coefficient (Wildman–Crippen LogP) is 0.110. The van der Waals surface area contributed by atoms with E-state index in [1.165, 1.54) is 26.1 Å². The van der Waals surface area contributed by atoms with Crippen LogP contribution in [0.3, 0.4) is 0 Å². The number of rotatable bonds is 9. The number of likely N-dealkylation sites (tertiary alicyclic amines) is 1. The topological polar surface area (TPSA) is 189 Å². The first-order valence-corrected chi connectivity index (χ1v) is 13.2. The zero-order valence-electron chi connectivity index (χ0n) is 20.7. The normalized spacial score (nSPS) is 17.6. The minimum atomic E-state index is -4.22. The van der Waals surface area contributed by atoms with Gasteiger partial charge in [-0.1, -0.05) is 30.3 Å². The SMILES string of the molecule is CC(C(=O)O[C@H]1CCCN(C(=N)N)C1)N(C)C(=O)[C@H](CC(N)=O)NS(=O)(=O)c1ccc2ccccc2c1. The van der Waals surface area contributed by atoms with Gasteiger partial charge in [0.2, 0.25) is 21.8 Å². The number of carbonyl (C=O) groups is 3. The average molecular weight is 533 g/mol. The van der Waals surface area contributed by atoms with Gasteiger partial charge in [0.05, 0.1) is 17.9 Å². The Hall–Kier alpha value is -3.71. The number of sulfonamides is 1. The van der Waals surface area contributed by atoms with Crippen molar-refractivity contribution in [3.63, 3.8) is 0 Å². The van der Waals surface area contributed by atoms with Crippen molar-refractivity contribution in [1.29, 1.82) is 5.41 Å². The maximum Gasteiger partial charge on any atom is 0.328 e. The standard InChI is InChI=1S/C24H32N6O6S/c1-15(23(33)36-18-8-5-11-30(14-18)24(26)27)29(2)22(32)20(13-21(25)31)28-37(34,35)19-10-9-16-6-3-4-7-17(16)12-19/h3-4,6-7,9-10,12,15,18,20,28H,5,8,11,13-14H2,1-2H3,(H2,25,31)(H3,26,27)/t15?,18-,20-/m0/s1. The largest absolute Gasteiger partial charge is 0.459 e. The van der Waals surface area contributed by atoms with Crippen molar-refractivity contribution >= 4 is 44.5 Å². The lowest BCUT2D eigenvalue weighted by molar-refractivity contribution is -0.160. The number of hydrogen-bond acceptors (Lipinski definition) is 7. The van der Waals surface area contributed by atoms with E-state index in [0.29, 0.717) is 24.8 Å². The Bertz CT molecular complexity index is 1300. The fraction of sp³-hybridized carbons (Fsp3) is 0.417. The average Bonchev–Trinajstić information content (AvgIpc) is 2.86. The number of amides is 2. The Morgan fingerprint density at radius 3 is 2.51 bits per heavy atom. The number of nitrogens with zero attached hydrogens (tertiary/aromatic N) is 2. The number of esters is 1. The molecule has 2 amide bonds. The van der Waals surface area contributed by atoms with Crippen LogP contribution >= 0.6 is 0 Å². The van der Waals surface area contributed by atoms with E-state index in [0.717, 1.165) is 10.3 Å². The Labute approximate surface area is 215 Å². The summed E-state index contributed by atoms with van der Waals surface area (Å²) in [5, 5.41) is 9.08. The van der Waals surface area contributed by atoms with Gasteiger partial charge in [-0.15, -0.1) is 0 Å². The first-order valence-electron chi connectivity index (χ1n) is 11.7. The zero-order valence-corrected chi connectivity index (χ0v) is 21.5. The number of primary amides is 1. The molecule has 0 saturated carbocycles. The van der Waals surface area contributed by atoms with Crippen LogP contribution < -0.4 is 16.2 Å². The van der Waals surface area contributed by atoms with Crippen LogP contribution in [0.4, 0.5) is 0 Å². The van der Waals surface area contributed by atoms with Crippen LogP contribution in [-0.2, 0) is 29.1 Å². The van der Waals surface area contributed by atoms with Gasteiger partial charge in [-0.05, 0) is 42.7 Å². The summed E-state index contributed by atoms with van der Waals surface area (Å²) in [6.07, 6.45) is 0.144. The van der Waals surface area contributed by atoms with Gasteiger partial charge in [-0.25, -0.2) is 13.2 Å². The van der Waals surface area contributed by atoms with Gasteiger partial charge in [0, 0.05) is 13.6 Å². The molecule has 37 heavy (non-hydrogen) atoms. The van der Waals surface area contributed by atoms with Gasteiger partial charge in [-0.3, -0.25) is 15.0 Å². The highest BCUT2D eigenvalue weighted by molar-refractivity contribution is 7.89. The van der Waals surface area contributed by atoms with Gasteiger partial charge < -0.3 is 26.0 Å². The second-order valence-corrected chi connectivity index (χ2v) is 10.7. The van der Waals surface area contributed by atoms with E-state index in [2.05, 4.69) is 4.72 Å². The molecule has 2 aromatic carbocycles. The molecule has 1 heterocycles. The molecular weight excluding hydrogens is 500 g/mol. The van der Waals surface area contributed by atoms with Gasteiger partial charge in [-0.2, -0.15) is 4.72 Å². The van der Waals surface area contributed by atoms with Crippen LogP contribution in [0.5, 0.6) is 0 Å². The fourth-order valence-corrected chi connectivity index (χ4v) is 5.31. The highest BCUT2D eigenvalue weighted by atomic mass is 32.2. The molecule has 12 nitrogen and oxygen atoms in total. The Morgan fingerprint density at radius 1 is 1.19 bits per heavy atom. The van der Waals surface area contributed by atoms with E-state index < -0.39 is 52.4 Å². The molecule has 13 heteroatoms. The third kappa shape index (κ3) is 6.95. The van der Waals surface area contributed by atoms with Crippen molar-refractivity contribution in [2.45, 2.75) is 49.3 Å². The molecule has 0 spiro atoms. The lowest BCUT2D eigenvalue weighted by Crippen LogP contribution is -2.53. The molecule has 1 aliphatic heterocycles. The number of benzene rings is 2. The first kappa shape index (κ1) is 27.9. The summed E-state index contributed by atoms with van der Waals surface area (Å²) in [6.45, 7) is 2.29. The number of piperidine rings is 1. The molecule has 1 aliphatic rings. The Kier molecular flexibility index (Phi) is 8.71. The number of hydrogen-bond donors (Lipinski definition) is 4. The molecule has 3 atom stereocenters. The maximum atomic E-state index is 13.2. The van der Waals surface area contributed by atoms with Crippen LogP contribution in [0.1, 0.15) is 26.2 Å². The summed E-state index contributed by atoms with van der Waals surface area (Å²) < 4.78 is 34.0. The van der Waals surface area contributed by atoms with Crippen molar-refractivity contribution in [1.82, 2.24) is 14.5 Å². The van der Waals surface area contributed by atoms with E-state index in [1.807, 2.05) is 12.1 Å². The first-order chi connectivity index (χ1) is 17.4. The number of guanidine groups is 1. The molecule has 1 fully saturated rings. The molecule has 1 unspecified atom stereocenters. The molecular formula is C24H32N6O6S. The van der Waals surface area contributed by atoms with Crippen molar-refractivity contribution in [3.05, 3.63) is 42.5 Å². The second kappa shape index (κ2) is 11.6. The smallest absolute Gasteiger partial charge is 0.328 e. The summed E-state index contributed by atoms with van der Waals surface area (Å²) in [6, 6.07) is 9.06. The quantitative estimate of drug-likeness (QED) is 0.199. The molecule has 2 aromatic rings. The van der Waals surface area contributed by atoms with Crippen LogP contribution in [-0.4, -0.2) is 80.3 Å². The lowest BCUT2D eigenvalue weighted by Gasteiger charge is -2.34. The summed E-state index contributed by atoms with van der Waals surface area (Å²) in [5.74, 6) is -2.54. The van der Waals surface area contributed by atoms with E-state index >= 15 is 0 Å². The fourth-order valence-electron chi connectivity index (χ4n) is 4.08. The van der Waals surface area contributed by atoms with Gasteiger partial charge in [0.25, 0.3) is 0 Å². The van der Waals surface area contributed by atoms with Crippen LogP contribution in [0.25, 0.3) is 10.8 Å². The van der Waals surface area contributed by atoms with Crippen molar-refractivity contribution in [2.75, 3.05) is 20.1 Å². The molecule has 200 valence electrons. The summed E-state index contributed by atoms with van der Waals surface area (Å²) in [4.78, 5) is 40.2. The molecule has 0 aromatic heterocycles. The third-order valence-electron chi connectivity index (χ3n) is 6.30. The number of carbonyl (C=O) groups excluding carboxylic acids is 3. The molecule has 1 saturated heterocycles. The van der Waals surface area contributed by atoms with E-state index in [9.17, 15) is 22.8 Å². The number of fused-ring (bicyclic) bond motifs is 1. The Morgan fingerprint density at radius 2 is 1.86 bits per heavy atom. The van der Waals surface area contributed by atoms with Gasteiger partial charge >= 0.3 is 5.97 Å². The number of nitrogens with two attached hydrogens (primary N) is 2. The van der Waals surface area contributed by atoms with E-state index in [-0.39, 0.29) is 17.4 Å². The summed E-state index contributed by atoms with van der Waals surface area (Å²) in [7, 11) is -2.90. The van der Waals surface area contributed by atoms with Gasteiger partial charge in [0.15, 0.2) is 5.96 Å². The highest BCUT2D eigenvalue weighted by Gasteiger charge is 2.34. The number of likely N-dealkylation sites (N-methyl/N-ethyl adjacent to an activating group) is 1. The van der Waals surface area contributed by atoms with Gasteiger partial charge in [0.1, 0.15) is 18.2 Å². The third-order valence-corrected chi connectivity index (χ3v) is 7.77. The van der Waals surface area contributed by atoms with Crippen molar-refractivity contribution in [3.8, 4) is 0 Å². The second-order valence-electron chi connectivity index (χ2n) is 9.01. The van der Waals surface area contributed by atoms with Crippen LogP contribution in [0, 0.1) is 5.41 Å². The van der Waals surface area contributed by atoms with Crippen molar-refractivity contribution < 1.29 is 27.5 Å². The molecule has 0 bridgehead atoms. The number of nitrogens with one attached hydrogen (secondary N) is 2. The lowest BCUT2D eigenvalue weighted by atomic mass is 10.1. The minimum absolute atomic E-state index is 0.0871. The van der Waals surface area contributed by atoms with Crippen molar-refractivity contribution in [2.24, 2.45) is 11.5 Å². The zero-order chi connectivity index (χ0) is 27.3. The van der Waals surface area contributed by atoms with Crippen LogP contribution in [0.2, 0.25) is 0 Å². The highest BCUT2D eigenvalue weighted by Crippen LogP contribution is 2.20. The molecule has 0 aliphatic carbocycles. The van der Waals surface area contributed by atoms with E-state index in [1.54, 1.807) is 23.1 Å². The molecule has 0 radical (unpaired) electrons. The van der Waals surface area contributed by atoms with E-state index in [4.69, 9.17) is 21.6 Å². The van der Waals surface area contributed by atoms with Crippen LogP contribution in [0.15, 0.2) is 47.4 Å². The maximum absolute atomic E-state index is 13.2. The number of ether oxygens (including phenoxy) is 1. The predicted molar refractivity (Wildman–Crippen MR) is 137 cm³/mol.